The standard InChI is InChI=1S/C23H18ClN3O3S/c1-30-20-10-6-5-9-19(20)27-22(29)17-12-11-15(24)13-18(17)26-23(27)31-14-21(28)25-16-7-3-2-4-8-16/h2-13H,14H2,1H3,(H,25,28). The van der Waals surface area contributed by atoms with E-state index in [2.05, 4.69) is 10.3 Å². The quantitative estimate of drug-likeness (QED) is 0.337. The van der Waals surface area contributed by atoms with Crippen LogP contribution < -0.4 is 15.6 Å². The van der Waals surface area contributed by atoms with Gasteiger partial charge in [-0.25, -0.2) is 4.98 Å². The number of amides is 1. The zero-order valence-corrected chi connectivity index (χ0v) is 18.1. The Balaban J connectivity index is 1.75. The maximum absolute atomic E-state index is 13.4. The molecular formula is C23H18ClN3O3S. The van der Waals surface area contributed by atoms with Gasteiger partial charge < -0.3 is 10.1 Å². The zero-order chi connectivity index (χ0) is 21.8. The molecule has 1 heterocycles. The maximum atomic E-state index is 13.4. The van der Waals surface area contributed by atoms with E-state index < -0.39 is 0 Å². The summed E-state index contributed by atoms with van der Waals surface area (Å²) in [7, 11) is 1.54. The Morgan fingerprint density at radius 2 is 1.84 bits per heavy atom. The molecule has 8 heteroatoms. The highest BCUT2D eigenvalue weighted by Gasteiger charge is 2.17. The lowest BCUT2D eigenvalue weighted by molar-refractivity contribution is -0.113. The first-order chi connectivity index (χ1) is 15.1. The lowest BCUT2D eigenvalue weighted by Crippen LogP contribution is -2.23. The number of carbonyl (C=O) groups is 1. The average molecular weight is 452 g/mol. The molecule has 0 aliphatic carbocycles. The Morgan fingerprint density at radius 1 is 1.10 bits per heavy atom. The van der Waals surface area contributed by atoms with Crippen LogP contribution in [0.2, 0.25) is 5.02 Å². The zero-order valence-electron chi connectivity index (χ0n) is 16.5. The van der Waals surface area contributed by atoms with Crippen molar-refractivity contribution in [2.45, 2.75) is 5.16 Å². The molecule has 6 nitrogen and oxygen atoms in total. The van der Waals surface area contributed by atoms with Crippen molar-refractivity contribution in [1.29, 1.82) is 0 Å². The summed E-state index contributed by atoms with van der Waals surface area (Å²) in [4.78, 5) is 30.5. The number of para-hydroxylation sites is 3. The van der Waals surface area contributed by atoms with Crippen LogP contribution >= 0.6 is 23.4 Å². The molecule has 31 heavy (non-hydrogen) atoms. The summed E-state index contributed by atoms with van der Waals surface area (Å²) in [5.41, 5.74) is 1.45. The fraction of sp³-hybridized carbons (Fsp3) is 0.0870. The van der Waals surface area contributed by atoms with Gasteiger partial charge in [-0.15, -0.1) is 0 Å². The van der Waals surface area contributed by atoms with E-state index in [0.717, 1.165) is 11.8 Å². The second-order valence-electron chi connectivity index (χ2n) is 6.57. The number of hydrogen-bond acceptors (Lipinski definition) is 5. The number of halogens is 1. The van der Waals surface area contributed by atoms with Crippen LogP contribution in [0, 0.1) is 0 Å². The Bertz CT molecular complexity index is 1310. The summed E-state index contributed by atoms with van der Waals surface area (Å²) in [6.45, 7) is 0. The monoisotopic (exact) mass is 451 g/mol. The van der Waals surface area contributed by atoms with Crippen molar-refractivity contribution in [2.75, 3.05) is 18.2 Å². The minimum Gasteiger partial charge on any atom is -0.495 e. The van der Waals surface area contributed by atoms with Crippen molar-refractivity contribution in [3.8, 4) is 11.4 Å². The molecule has 4 aromatic rings. The number of aromatic nitrogens is 2. The molecule has 156 valence electrons. The van der Waals surface area contributed by atoms with E-state index in [1.807, 2.05) is 42.5 Å². The first kappa shape index (κ1) is 21.0. The molecule has 0 fully saturated rings. The Morgan fingerprint density at radius 3 is 2.61 bits per heavy atom. The molecule has 0 aliphatic heterocycles. The molecule has 0 atom stereocenters. The fourth-order valence-electron chi connectivity index (χ4n) is 3.11. The molecule has 0 saturated heterocycles. The predicted molar refractivity (Wildman–Crippen MR) is 125 cm³/mol. The lowest BCUT2D eigenvalue weighted by atomic mass is 10.2. The third-order valence-electron chi connectivity index (χ3n) is 4.52. The number of rotatable bonds is 6. The van der Waals surface area contributed by atoms with Gasteiger partial charge >= 0.3 is 0 Å². The van der Waals surface area contributed by atoms with Gasteiger partial charge in [0.05, 0.1) is 29.5 Å². The van der Waals surface area contributed by atoms with Crippen LogP contribution in [-0.2, 0) is 4.79 Å². The summed E-state index contributed by atoms with van der Waals surface area (Å²) >= 11 is 7.27. The summed E-state index contributed by atoms with van der Waals surface area (Å²) in [5.74, 6) is 0.390. The number of fused-ring (bicyclic) bond motifs is 1. The normalized spacial score (nSPS) is 10.8. The van der Waals surface area contributed by atoms with Gasteiger partial charge in [0, 0.05) is 10.7 Å². The molecule has 3 aromatic carbocycles. The molecule has 0 spiro atoms. The van der Waals surface area contributed by atoms with Gasteiger partial charge in [0.2, 0.25) is 5.91 Å². The van der Waals surface area contributed by atoms with Crippen LogP contribution in [0.25, 0.3) is 16.6 Å². The molecule has 1 aromatic heterocycles. The van der Waals surface area contributed by atoms with Gasteiger partial charge in [-0.2, -0.15) is 0 Å². The number of nitrogens with one attached hydrogen (secondary N) is 1. The lowest BCUT2D eigenvalue weighted by Gasteiger charge is -2.15. The minimum atomic E-state index is -0.267. The highest BCUT2D eigenvalue weighted by molar-refractivity contribution is 7.99. The van der Waals surface area contributed by atoms with E-state index >= 15 is 0 Å². The van der Waals surface area contributed by atoms with Crippen LogP contribution in [0.15, 0.2) is 82.7 Å². The number of ether oxygens (including phenoxy) is 1. The third kappa shape index (κ3) is 4.57. The van der Waals surface area contributed by atoms with Crippen molar-refractivity contribution in [3.63, 3.8) is 0 Å². The van der Waals surface area contributed by atoms with Gasteiger partial charge in [-0.3, -0.25) is 14.2 Å². The van der Waals surface area contributed by atoms with Crippen LogP contribution in [0.4, 0.5) is 5.69 Å². The van der Waals surface area contributed by atoms with E-state index in [9.17, 15) is 9.59 Å². The van der Waals surface area contributed by atoms with Crippen molar-refractivity contribution in [2.24, 2.45) is 0 Å². The molecule has 0 saturated carbocycles. The number of nitrogens with zero attached hydrogens (tertiary/aromatic N) is 2. The predicted octanol–water partition coefficient (Wildman–Crippen LogP) is 4.78. The molecule has 4 rings (SSSR count). The summed E-state index contributed by atoms with van der Waals surface area (Å²) in [6.07, 6.45) is 0. The number of benzene rings is 3. The summed E-state index contributed by atoms with van der Waals surface area (Å²) < 4.78 is 6.92. The van der Waals surface area contributed by atoms with Crippen molar-refractivity contribution in [1.82, 2.24) is 9.55 Å². The van der Waals surface area contributed by atoms with Crippen molar-refractivity contribution in [3.05, 3.63) is 88.2 Å². The number of hydrogen-bond donors (Lipinski definition) is 1. The van der Waals surface area contributed by atoms with Gasteiger partial charge in [-0.1, -0.05) is 53.7 Å². The van der Waals surface area contributed by atoms with E-state index in [1.165, 1.54) is 11.7 Å². The number of anilines is 1. The molecule has 0 radical (unpaired) electrons. The summed E-state index contributed by atoms with van der Waals surface area (Å²) in [6, 6.07) is 21.3. The van der Waals surface area contributed by atoms with Gasteiger partial charge in [0.1, 0.15) is 5.75 Å². The summed E-state index contributed by atoms with van der Waals surface area (Å²) in [5, 5.41) is 4.11. The number of methoxy groups -OCH3 is 1. The molecule has 0 unspecified atom stereocenters. The largest absolute Gasteiger partial charge is 0.495 e. The first-order valence-electron chi connectivity index (χ1n) is 9.40. The SMILES string of the molecule is COc1ccccc1-n1c(SCC(=O)Nc2ccccc2)nc2cc(Cl)ccc2c1=O. The molecular weight excluding hydrogens is 434 g/mol. The highest BCUT2D eigenvalue weighted by Crippen LogP contribution is 2.27. The Labute approximate surface area is 187 Å². The first-order valence-corrected chi connectivity index (χ1v) is 10.8. The fourth-order valence-corrected chi connectivity index (χ4v) is 4.08. The second-order valence-corrected chi connectivity index (χ2v) is 7.95. The Kier molecular flexibility index (Phi) is 6.25. The van der Waals surface area contributed by atoms with Gasteiger partial charge in [0.15, 0.2) is 5.16 Å². The van der Waals surface area contributed by atoms with Crippen LogP contribution in [0.3, 0.4) is 0 Å². The number of carbonyl (C=O) groups excluding carboxylic acids is 1. The van der Waals surface area contributed by atoms with Gasteiger partial charge in [0.25, 0.3) is 5.56 Å². The second kappa shape index (κ2) is 9.24. The van der Waals surface area contributed by atoms with Crippen LogP contribution in [0.5, 0.6) is 5.75 Å². The molecule has 1 N–H and O–H groups in total. The van der Waals surface area contributed by atoms with E-state index in [4.69, 9.17) is 16.3 Å². The highest BCUT2D eigenvalue weighted by atomic mass is 35.5. The smallest absolute Gasteiger partial charge is 0.266 e. The Hall–Kier alpha value is -3.29. The van der Waals surface area contributed by atoms with Gasteiger partial charge in [-0.05, 0) is 42.5 Å². The van der Waals surface area contributed by atoms with E-state index in [1.54, 1.807) is 30.3 Å². The average Bonchev–Trinajstić information content (AvgIpc) is 2.78. The molecule has 1 amide bonds. The van der Waals surface area contributed by atoms with Crippen LogP contribution in [0.1, 0.15) is 0 Å². The maximum Gasteiger partial charge on any atom is 0.266 e. The molecule has 0 aliphatic rings. The van der Waals surface area contributed by atoms with E-state index in [-0.39, 0.29) is 17.2 Å². The van der Waals surface area contributed by atoms with Crippen molar-refractivity contribution < 1.29 is 9.53 Å². The van der Waals surface area contributed by atoms with Crippen molar-refractivity contribution >= 4 is 45.9 Å². The topological polar surface area (TPSA) is 73.2 Å². The molecule has 0 bridgehead atoms. The third-order valence-corrected chi connectivity index (χ3v) is 5.69. The number of thioether (sulfide) groups is 1. The minimum absolute atomic E-state index is 0.0720. The van der Waals surface area contributed by atoms with E-state index in [0.29, 0.717) is 38.2 Å². The van der Waals surface area contributed by atoms with Crippen LogP contribution in [-0.4, -0.2) is 28.3 Å².